The molecule has 0 bridgehead atoms. The van der Waals surface area contributed by atoms with Gasteiger partial charge in [0, 0.05) is 18.8 Å². The lowest BCUT2D eigenvalue weighted by Crippen LogP contribution is -2.23. The van der Waals surface area contributed by atoms with Gasteiger partial charge in [-0.05, 0) is 6.92 Å². The summed E-state index contributed by atoms with van der Waals surface area (Å²) in [5.74, 6) is -0.351. The number of imidazole rings is 1. The standard InChI is InChI=1S/C10H18N4O/c1-7(2)12-4-9-5-14(6-13-9)8(3)10(11)15/h5-8,12H,4H2,1-3H3,(H2,11,15). The number of nitrogens with two attached hydrogens (primary N) is 1. The minimum atomic E-state index is -0.351. The van der Waals surface area contributed by atoms with Crippen LogP contribution in [0.15, 0.2) is 12.5 Å². The number of hydrogen-bond donors (Lipinski definition) is 2. The third-order valence-electron chi connectivity index (χ3n) is 2.21. The van der Waals surface area contributed by atoms with E-state index in [4.69, 9.17) is 5.73 Å². The molecule has 1 rings (SSSR count). The van der Waals surface area contributed by atoms with E-state index in [1.165, 1.54) is 0 Å². The molecule has 3 N–H and O–H groups in total. The molecule has 1 amide bonds. The molecule has 1 unspecified atom stereocenters. The minimum Gasteiger partial charge on any atom is -0.368 e. The lowest BCUT2D eigenvalue weighted by atomic mass is 10.3. The van der Waals surface area contributed by atoms with E-state index < -0.39 is 0 Å². The number of amides is 1. The van der Waals surface area contributed by atoms with Gasteiger partial charge >= 0.3 is 0 Å². The van der Waals surface area contributed by atoms with Gasteiger partial charge in [-0.1, -0.05) is 13.8 Å². The third-order valence-corrected chi connectivity index (χ3v) is 2.21. The predicted molar refractivity (Wildman–Crippen MR) is 58.1 cm³/mol. The van der Waals surface area contributed by atoms with Crippen molar-refractivity contribution in [2.24, 2.45) is 5.73 Å². The summed E-state index contributed by atoms with van der Waals surface area (Å²) in [4.78, 5) is 15.1. The molecular formula is C10H18N4O. The highest BCUT2D eigenvalue weighted by Gasteiger charge is 2.11. The Bertz CT molecular complexity index is 332. The van der Waals surface area contributed by atoms with Crippen molar-refractivity contribution in [3.63, 3.8) is 0 Å². The van der Waals surface area contributed by atoms with Crippen molar-refractivity contribution in [3.05, 3.63) is 18.2 Å². The molecule has 15 heavy (non-hydrogen) atoms. The number of primary amides is 1. The van der Waals surface area contributed by atoms with E-state index in [0.29, 0.717) is 12.6 Å². The van der Waals surface area contributed by atoms with E-state index in [1.807, 2.05) is 6.20 Å². The molecule has 1 heterocycles. The molecule has 0 fully saturated rings. The maximum atomic E-state index is 10.9. The molecule has 0 aliphatic heterocycles. The molecule has 1 atom stereocenters. The average Bonchev–Trinajstić information content (AvgIpc) is 2.61. The number of aromatic nitrogens is 2. The lowest BCUT2D eigenvalue weighted by Gasteiger charge is -2.07. The van der Waals surface area contributed by atoms with Crippen LogP contribution in [0.3, 0.4) is 0 Å². The Labute approximate surface area is 89.7 Å². The molecule has 0 saturated heterocycles. The molecular weight excluding hydrogens is 192 g/mol. The molecule has 0 saturated carbocycles. The zero-order valence-corrected chi connectivity index (χ0v) is 9.40. The second-order valence-corrected chi connectivity index (χ2v) is 3.93. The Kier molecular flexibility index (Phi) is 3.85. The van der Waals surface area contributed by atoms with Gasteiger partial charge < -0.3 is 15.6 Å². The van der Waals surface area contributed by atoms with Crippen LogP contribution in [-0.2, 0) is 11.3 Å². The Balaban J connectivity index is 2.60. The van der Waals surface area contributed by atoms with E-state index in [9.17, 15) is 4.79 Å². The summed E-state index contributed by atoms with van der Waals surface area (Å²) in [6, 6.07) is 0.0778. The molecule has 0 aliphatic rings. The van der Waals surface area contributed by atoms with Gasteiger partial charge in [0.05, 0.1) is 12.0 Å². The minimum absolute atomic E-state index is 0.342. The first-order valence-corrected chi connectivity index (χ1v) is 5.05. The fraction of sp³-hybridized carbons (Fsp3) is 0.600. The van der Waals surface area contributed by atoms with Gasteiger partial charge in [-0.25, -0.2) is 4.98 Å². The second kappa shape index (κ2) is 4.93. The van der Waals surface area contributed by atoms with Crippen molar-refractivity contribution in [1.29, 1.82) is 0 Å². The highest BCUT2D eigenvalue weighted by atomic mass is 16.1. The molecule has 0 spiro atoms. The van der Waals surface area contributed by atoms with Crippen molar-refractivity contribution >= 4 is 5.91 Å². The summed E-state index contributed by atoms with van der Waals surface area (Å²) in [6.45, 7) is 6.60. The molecule has 5 heteroatoms. The van der Waals surface area contributed by atoms with Crippen molar-refractivity contribution in [2.75, 3.05) is 0 Å². The first-order valence-electron chi connectivity index (χ1n) is 5.05. The van der Waals surface area contributed by atoms with Gasteiger partial charge in [-0.15, -0.1) is 0 Å². The summed E-state index contributed by atoms with van der Waals surface area (Å²) < 4.78 is 1.72. The van der Waals surface area contributed by atoms with Crippen molar-refractivity contribution in [1.82, 2.24) is 14.9 Å². The molecule has 84 valence electrons. The van der Waals surface area contributed by atoms with Gasteiger partial charge in [0.2, 0.25) is 5.91 Å². The summed E-state index contributed by atoms with van der Waals surface area (Å²) >= 11 is 0. The van der Waals surface area contributed by atoms with Crippen LogP contribution in [0.5, 0.6) is 0 Å². The summed E-state index contributed by atoms with van der Waals surface area (Å²) in [6.07, 6.45) is 3.47. The summed E-state index contributed by atoms with van der Waals surface area (Å²) in [5.41, 5.74) is 6.11. The first kappa shape index (κ1) is 11.7. The number of carbonyl (C=O) groups is 1. The SMILES string of the molecule is CC(C)NCc1cn(C(C)C(N)=O)cn1. The maximum Gasteiger partial charge on any atom is 0.240 e. The van der Waals surface area contributed by atoms with E-state index >= 15 is 0 Å². The van der Waals surface area contributed by atoms with Gasteiger partial charge in [-0.2, -0.15) is 0 Å². The highest BCUT2D eigenvalue weighted by molar-refractivity contribution is 5.77. The van der Waals surface area contributed by atoms with Crippen molar-refractivity contribution < 1.29 is 4.79 Å². The normalized spacial score (nSPS) is 13.1. The Morgan fingerprint density at radius 3 is 2.80 bits per heavy atom. The zero-order valence-electron chi connectivity index (χ0n) is 9.40. The van der Waals surface area contributed by atoms with Crippen LogP contribution in [0.2, 0.25) is 0 Å². The fourth-order valence-electron chi connectivity index (χ4n) is 1.14. The van der Waals surface area contributed by atoms with E-state index in [0.717, 1.165) is 5.69 Å². The van der Waals surface area contributed by atoms with Crippen LogP contribution in [-0.4, -0.2) is 21.5 Å². The Morgan fingerprint density at radius 2 is 2.27 bits per heavy atom. The summed E-state index contributed by atoms with van der Waals surface area (Å²) in [7, 11) is 0. The predicted octanol–water partition coefficient (Wildman–Crippen LogP) is 0.427. The largest absolute Gasteiger partial charge is 0.368 e. The Hall–Kier alpha value is -1.36. The van der Waals surface area contributed by atoms with Gasteiger partial charge in [-0.3, -0.25) is 4.79 Å². The average molecular weight is 210 g/mol. The number of nitrogens with zero attached hydrogens (tertiary/aromatic N) is 2. The number of nitrogens with one attached hydrogen (secondary N) is 1. The third kappa shape index (κ3) is 3.36. The molecule has 1 aromatic rings. The van der Waals surface area contributed by atoms with Crippen LogP contribution >= 0.6 is 0 Å². The molecule has 0 radical (unpaired) electrons. The monoisotopic (exact) mass is 210 g/mol. The van der Waals surface area contributed by atoms with Crippen LogP contribution in [0, 0.1) is 0 Å². The number of rotatable bonds is 5. The van der Waals surface area contributed by atoms with Crippen LogP contribution in [0.4, 0.5) is 0 Å². The number of carbonyl (C=O) groups excluding carboxylic acids is 1. The lowest BCUT2D eigenvalue weighted by molar-refractivity contribution is -0.120. The van der Waals surface area contributed by atoms with Crippen LogP contribution < -0.4 is 11.1 Å². The first-order chi connectivity index (χ1) is 7.00. The fourth-order valence-corrected chi connectivity index (χ4v) is 1.14. The molecule has 5 nitrogen and oxygen atoms in total. The van der Waals surface area contributed by atoms with Crippen LogP contribution in [0.25, 0.3) is 0 Å². The van der Waals surface area contributed by atoms with Crippen molar-refractivity contribution in [2.45, 2.75) is 39.4 Å². The molecule has 0 aliphatic carbocycles. The molecule has 1 aromatic heterocycles. The topological polar surface area (TPSA) is 72.9 Å². The van der Waals surface area contributed by atoms with Gasteiger partial charge in [0.1, 0.15) is 6.04 Å². The zero-order chi connectivity index (χ0) is 11.4. The van der Waals surface area contributed by atoms with E-state index in [2.05, 4.69) is 24.1 Å². The number of hydrogen-bond acceptors (Lipinski definition) is 3. The highest BCUT2D eigenvalue weighted by Crippen LogP contribution is 2.06. The Morgan fingerprint density at radius 1 is 1.60 bits per heavy atom. The van der Waals surface area contributed by atoms with Crippen LogP contribution in [0.1, 0.15) is 32.5 Å². The smallest absolute Gasteiger partial charge is 0.240 e. The van der Waals surface area contributed by atoms with Crippen molar-refractivity contribution in [3.8, 4) is 0 Å². The second-order valence-electron chi connectivity index (χ2n) is 3.93. The van der Waals surface area contributed by atoms with Gasteiger partial charge in [0.15, 0.2) is 0 Å². The van der Waals surface area contributed by atoms with Gasteiger partial charge in [0.25, 0.3) is 0 Å². The maximum absolute atomic E-state index is 10.9. The quantitative estimate of drug-likeness (QED) is 0.740. The van der Waals surface area contributed by atoms with E-state index in [1.54, 1.807) is 17.8 Å². The molecule has 0 aromatic carbocycles. The summed E-state index contributed by atoms with van der Waals surface area (Å²) in [5, 5.41) is 3.25. The van der Waals surface area contributed by atoms with E-state index in [-0.39, 0.29) is 11.9 Å².